The van der Waals surface area contributed by atoms with Crippen LogP contribution in [0.2, 0.25) is 0 Å². The van der Waals surface area contributed by atoms with Crippen LogP contribution in [-0.4, -0.2) is 27.3 Å². The molecule has 2 heterocycles. The van der Waals surface area contributed by atoms with Gasteiger partial charge in [-0.15, -0.1) is 0 Å². The molecule has 0 aromatic carbocycles. The first-order valence-corrected chi connectivity index (χ1v) is 7.61. The van der Waals surface area contributed by atoms with Crippen molar-refractivity contribution in [1.82, 2.24) is 14.9 Å². The van der Waals surface area contributed by atoms with Crippen molar-refractivity contribution in [2.24, 2.45) is 0 Å². The van der Waals surface area contributed by atoms with E-state index >= 15 is 0 Å². The largest absolute Gasteiger partial charge is 0.347 e. The molecule has 0 bridgehead atoms. The van der Waals surface area contributed by atoms with Gasteiger partial charge >= 0.3 is 0 Å². The summed E-state index contributed by atoms with van der Waals surface area (Å²) >= 11 is 0. The molecule has 1 aliphatic rings. The molecule has 1 aromatic heterocycles. The van der Waals surface area contributed by atoms with Crippen molar-refractivity contribution >= 4 is 5.91 Å². The van der Waals surface area contributed by atoms with Crippen LogP contribution in [0.5, 0.6) is 0 Å². The van der Waals surface area contributed by atoms with E-state index in [2.05, 4.69) is 16.9 Å². The summed E-state index contributed by atoms with van der Waals surface area (Å²) < 4.78 is 0. The van der Waals surface area contributed by atoms with Gasteiger partial charge in [0.1, 0.15) is 5.82 Å². The van der Waals surface area contributed by atoms with E-state index in [-0.39, 0.29) is 6.04 Å². The summed E-state index contributed by atoms with van der Waals surface area (Å²) in [6, 6.07) is 0.179. The van der Waals surface area contributed by atoms with Gasteiger partial charge in [-0.2, -0.15) is 0 Å². The number of aromatic amines is 1. The average Bonchev–Trinajstić information content (AvgIpc) is 3.08. The molecule has 106 valence electrons. The molecule has 1 fully saturated rings. The number of nitrogens with zero attached hydrogens (tertiary/aromatic N) is 2. The maximum absolute atomic E-state index is 12.3. The summed E-state index contributed by atoms with van der Waals surface area (Å²) in [7, 11) is 0. The Bertz CT molecular complexity index is 375. The number of amides is 1. The minimum Gasteiger partial charge on any atom is -0.347 e. The first kappa shape index (κ1) is 14.1. The van der Waals surface area contributed by atoms with Crippen molar-refractivity contribution in [1.29, 1.82) is 0 Å². The number of hydrogen-bond acceptors (Lipinski definition) is 2. The molecule has 0 spiro atoms. The number of carbonyl (C=O) groups excluding carboxylic acids is 1. The normalized spacial score (nSPS) is 19.0. The van der Waals surface area contributed by atoms with Gasteiger partial charge in [-0.3, -0.25) is 4.79 Å². The highest BCUT2D eigenvalue weighted by Gasteiger charge is 2.30. The molecule has 19 heavy (non-hydrogen) atoms. The molecule has 1 N–H and O–H groups in total. The van der Waals surface area contributed by atoms with Crippen molar-refractivity contribution in [2.75, 3.05) is 6.54 Å². The van der Waals surface area contributed by atoms with Crippen LogP contribution in [0, 0.1) is 0 Å². The molecular formula is C15H25N3O. The quantitative estimate of drug-likeness (QED) is 0.766. The Kier molecular flexibility index (Phi) is 5.43. The lowest BCUT2D eigenvalue weighted by molar-refractivity contribution is -0.132. The number of carbonyl (C=O) groups is 1. The summed E-state index contributed by atoms with van der Waals surface area (Å²) in [5.74, 6) is 1.24. The zero-order chi connectivity index (χ0) is 13.5. The van der Waals surface area contributed by atoms with Crippen molar-refractivity contribution in [2.45, 2.75) is 64.3 Å². The third kappa shape index (κ3) is 3.82. The first-order valence-electron chi connectivity index (χ1n) is 7.61. The van der Waals surface area contributed by atoms with E-state index < -0.39 is 0 Å². The van der Waals surface area contributed by atoms with E-state index in [0.29, 0.717) is 12.3 Å². The number of hydrogen-bond donors (Lipinski definition) is 1. The second kappa shape index (κ2) is 7.31. The Balaban J connectivity index is 1.78. The monoisotopic (exact) mass is 263 g/mol. The number of H-pyrrole nitrogens is 1. The maximum atomic E-state index is 12.3. The second-order valence-electron chi connectivity index (χ2n) is 5.38. The van der Waals surface area contributed by atoms with E-state index in [4.69, 9.17) is 0 Å². The number of imidazole rings is 1. The van der Waals surface area contributed by atoms with Gasteiger partial charge in [-0.05, 0) is 19.3 Å². The Morgan fingerprint density at radius 2 is 2.26 bits per heavy atom. The summed E-state index contributed by atoms with van der Waals surface area (Å²) in [4.78, 5) is 21.7. The molecule has 1 saturated heterocycles. The van der Waals surface area contributed by atoms with Crippen LogP contribution in [0.4, 0.5) is 0 Å². The fraction of sp³-hybridized carbons (Fsp3) is 0.733. The molecule has 0 saturated carbocycles. The second-order valence-corrected chi connectivity index (χ2v) is 5.38. The zero-order valence-electron chi connectivity index (χ0n) is 11.9. The Morgan fingerprint density at radius 1 is 1.42 bits per heavy atom. The SMILES string of the molecule is CCCCCCCC(=O)N1CCC[C@H]1c1ncc[nH]1. The van der Waals surface area contributed by atoms with Crippen molar-refractivity contribution in [3.63, 3.8) is 0 Å². The minimum absolute atomic E-state index is 0.179. The van der Waals surface area contributed by atoms with Crippen LogP contribution in [0.15, 0.2) is 12.4 Å². The van der Waals surface area contributed by atoms with Crippen molar-refractivity contribution in [3.8, 4) is 0 Å². The number of likely N-dealkylation sites (tertiary alicyclic amines) is 1. The molecule has 1 aromatic rings. The Hall–Kier alpha value is -1.32. The fourth-order valence-corrected chi connectivity index (χ4v) is 2.83. The van der Waals surface area contributed by atoms with E-state index in [1.54, 1.807) is 6.20 Å². The van der Waals surface area contributed by atoms with Crippen LogP contribution < -0.4 is 0 Å². The highest BCUT2D eigenvalue weighted by molar-refractivity contribution is 5.76. The van der Waals surface area contributed by atoms with Crippen molar-refractivity contribution < 1.29 is 4.79 Å². The molecule has 2 rings (SSSR count). The molecule has 1 aliphatic heterocycles. The van der Waals surface area contributed by atoms with Crippen LogP contribution in [-0.2, 0) is 4.79 Å². The van der Waals surface area contributed by atoms with E-state index in [9.17, 15) is 4.79 Å². The fourth-order valence-electron chi connectivity index (χ4n) is 2.83. The van der Waals surface area contributed by atoms with Gasteiger partial charge in [-0.1, -0.05) is 32.6 Å². The number of rotatable bonds is 7. The summed E-state index contributed by atoms with van der Waals surface area (Å²) in [5, 5.41) is 0. The molecule has 4 nitrogen and oxygen atoms in total. The molecule has 1 atom stereocenters. The zero-order valence-corrected chi connectivity index (χ0v) is 11.9. The molecular weight excluding hydrogens is 238 g/mol. The standard InChI is InChI=1S/C15H25N3O/c1-2-3-4-5-6-9-14(19)18-12-7-8-13(18)15-16-10-11-17-15/h10-11,13H,2-9,12H2,1H3,(H,16,17)/t13-/m0/s1. The summed E-state index contributed by atoms with van der Waals surface area (Å²) in [5.41, 5.74) is 0. The number of aromatic nitrogens is 2. The van der Waals surface area contributed by atoms with Crippen molar-refractivity contribution in [3.05, 3.63) is 18.2 Å². The predicted octanol–water partition coefficient (Wildman–Crippen LogP) is 3.43. The first-order chi connectivity index (χ1) is 9.33. The van der Waals surface area contributed by atoms with E-state index in [1.807, 2.05) is 11.1 Å². The molecule has 0 radical (unpaired) electrons. The smallest absolute Gasteiger partial charge is 0.223 e. The lowest BCUT2D eigenvalue weighted by Crippen LogP contribution is -2.30. The molecule has 0 unspecified atom stereocenters. The van der Waals surface area contributed by atoms with Gasteiger partial charge in [-0.25, -0.2) is 4.98 Å². The minimum atomic E-state index is 0.179. The van der Waals surface area contributed by atoms with Crippen LogP contribution in [0.1, 0.15) is 70.2 Å². The Labute approximate surface area is 115 Å². The number of unbranched alkanes of at least 4 members (excludes halogenated alkanes) is 4. The van der Waals surface area contributed by atoms with E-state index in [1.165, 1.54) is 25.7 Å². The number of nitrogens with one attached hydrogen (secondary N) is 1. The molecule has 4 heteroatoms. The summed E-state index contributed by atoms with van der Waals surface area (Å²) in [6.45, 7) is 3.10. The van der Waals surface area contributed by atoms with Crippen LogP contribution in [0.3, 0.4) is 0 Å². The van der Waals surface area contributed by atoms with E-state index in [0.717, 1.165) is 31.6 Å². The topological polar surface area (TPSA) is 49.0 Å². The van der Waals surface area contributed by atoms with Gasteiger partial charge in [0.25, 0.3) is 0 Å². The van der Waals surface area contributed by atoms with Gasteiger partial charge in [0.05, 0.1) is 6.04 Å². The van der Waals surface area contributed by atoms with Crippen LogP contribution in [0.25, 0.3) is 0 Å². The highest BCUT2D eigenvalue weighted by Crippen LogP contribution is 2.30. The predicted molar refractivity (Wildman–Crippen MR) is 75.7 cm³/mol. The third-order valence-corrected chi connectivity index (χ3v) is 3.90. The lowest BCUT2D eigenvalue weighted by atomic mass is 10.1. The average molecular weight is 263 g/mol. The Morgan fingerprint density at radius 3 is 3.00 bits per heavy atom. The summed E-state index contributed by atoms with van der Waals surface area (Å²) in [6.07, 6.45) is 12.4. The highest BCUT2D eigenvalue weighted by atomic mass is 16.2. The molecule has 1 amide bonds. The molecule has 0 aliphatic carbocycles. The van der Waals surface area contributed by atoms with Crippen LogP contribution >= 0.6 is 0 Å². The lowest BCUT2D eigenvalue weighted by Gasteiger charge is -2.23. The van der Waals surface area contributed by atoms with Gasteiger partial charge < -0.3 is 9.88 Å². The van der Waals surface area contributed by atoms with Gasteiger partial charge in [0.2, 0.25) is 5.91 Å². The van der Waals surface area contributed by atoms with Gasteiger partial charge in [0, 0.05) is 25.4 Å². The third-order valence-electron chi connectivity index (χ3n) is 3.90. The van der Waals surface area contributed by atoms with Gasteiger partial charge in [0.15, 0.2) is 0 Å². The maximum Gasteiger partial charge on any atom is 0.223 e.